The van der Waals surface area contributed by atoms with Crippen LogP contribution in [0.2, 0.25) is 0 Å². The van der Waals surface area contributed by atoms with Crippen LogP contribution in [0.5, 0.6) is 0 Å². The number of hydrogen-bond donors (Lipinski definition) is 2. The van der Waals surface area contributed by atoms with Gasteiger partial charge in [0.15, 0.2) is 9.84 Å². The van der Waals surface area contributed by atoms with Crippen molar-refractivity contribution in [3.8, 4) is 11.1 Å². The molecule has 2 aromatic rings. The number of carbonyl (C=O) groups is 1. The van der Waals surface area contributed by atoms with E-state index in [0.717, 1.165) is 42.4 Å². The van der Waals surface area contributed by atoms with Crippen molar-refractivity contribution in [1.82, 2.24) is 10.2 Å². The second kappa shape index (κ2) is 11.5. The number of amides is 1. The fourth-order valence-corrected chi connectivity index (χ4v) is 5.24. The monoisotopic (exact) mass is 504 g/mol. The van der Waals surface area contributed by atoms with Gasteiger partial charge < -0.3 is 19.5 Å². The topological polar surface area (TPSA) is 105 Å². The molecular weight excluding hydrogens is 468 g/mol. The second-order valence-electron chi connectivity index (χ2n) is 8.90. The Kier molecular flexibility index (Phi) is 8.93. The van der Waals surface area contributed by atoms with Crippen molar-refractivity contribution in [3.63, 3.8) is 0 Å². The van der Waals surface area contributed by atoms with E-state index in [2.05, 4.69) is 5.32 Å². The molecule has 0 aromatic heterocycles. The van der Waals surface area contributed by atoms with E-state index in [-0.39, 0.29) is 17.0 Å². The molecule has 0 bridgehead atoms. The van der Waals surface area contributed by atoms with Gasteiger partial charge in [0, 0.05) is 44.2 Å². The Hall–Kier alpha value is -2.46. The molecule has 9 heteroatoms. The summed E-state index contributed by atoms with van der Waals surface area (Å²) < 4.78 is 36.1. The summed E-state index contributed by atoms with van der Waals surface area (Å²) >= 11 is 0. The summed E-state index contributed by atoms with van der Waals surface area (Å²) in [7, 11) is -1.64. The van der Waals surface area contributed by atoms with Crippen molar-refractivity contribution in [3.05, 3.63) is 54.1 Å². The van der Waals surface area contributed by atoms with E-state index in [4.69, 9.17) is 9.47 Å². The molecule has 8 nitrogen and oxygen atoms in total. The molecule has 1 saturated carbocycles. The highest BCUT2D eigenvalue weighted by Crippen LogP contribution is 2.32. The van der Waals surface area contributed by atoms with Gasteiger partial charge in [0.25, 0.3) is 5.91 Å². The predicted octanol–water partition coefficient (Wildman–Crippen LogP) is 4.45. The molecule has 0 saturated heterocycles. The second-order valence-corrected chi connectivity index (χ2v) is 10.9. The van der Waals surface area contributed by atoms with Crippen molar-refractivity contribution in [2.24, 2.45) is 0 Å². The lowest BCUT2D eigenvalue weighted by molar-refractivity contribution is -0.268. The first-order valence-electron chi connectivity index (χ1n) is 12.0. The maximum Gasteiger partial charge on any atom is 0.407 e. The summed E-state index contributed by atoms with van der Waals surface area (Å²) in [6, 6.07) is 14.8. The van der Waals surface area contributed by atoms with Crippen LogP contribution in [0.25, 0.3) is 11.1 Å². The van der Waals surface area contributed by atoms with Gasteiger partial charge in [-0.05, 0) is 68.9 Å². The van der Waals surface area contributed by atoms with Crippen LogP contribution in [0.4, 0.5) is 4.79 Å². The fraction of sp³-hybridized carbons (Fsp3) is 0.500. The normalized spacial score (nSPS) is 18.9. The molecule has 0 aliphatic heterocycles. The number of nitrogens with one attached hydrogen (secondary N) is 1. The van der Waals surface area contributed by atoms with Gasteiger partial charge in [-0.15, -0.1) is 0 Å². The fourth-order valence-electron chi connectivity index (χ4n) is 4.61. The summed E-state index contributed by atoms with van der Waals surface area (Å²) in [6.07, 6.45) is 3.43. The average Bonchev–Trinajstić information content (AvgIpc) is 2.84. The molecule has 0 radical (unpaired) electrons. The summed E-state index contributed by atoms with van der Waals surface area (Å²) in [5, 5.41) is 12.9. The lowest BCUT2D eigenvalue weighted by atomic mass is 9.90. The summed E-state index contributed by atoms with van der Waals surface area (Å²) in [5.41, 5.74) is 2.62. The first-order chi connectivity index (χ1) is 16.6. The van der Waals surface area contributed by atoms with Gasteiger partial charge >= 0.3 is 6.09 Å². The van der Waals surface area contributed by atoms with Crippen molar-refractivity contribution in [2.75, 3.05) is 26.5 Å². The lowest BCUT2D eigenvalue weighted by Gasteiger charge is -2.41. The number of sulfone groups is 1. The van der Waals surface area contributed by atoms with Gasteiger partial charge in [-0.25, -0.2) is 13.2 Å². The van der Waals surface area contributed by atoms with E-state index in [0.29, 0.717) is 13.2 Å². The Morgan fingerprint density at radius 3 is 2.14 bits per heavy atom. The molecule has 2 N–H and O–H groups in total. The highest BCUT2D eigenvalue weighted by molar-refractivity contribution is 7.90. The molecule has 35 heavy (non-hydrogen) atoms. The van der Waals surface area contributed by atoms with E-state index in [9.17, 15) is 18.3 Å². The van der Waals surface area contributed by atoms with E-state index in [1.165, 1.54) is 11.2 Å². The zero-order chi connectivity index (χ0) is 25.6. The predicted molar refractivity (Wildman–Crippen MR) is 135 cm³/mol. The molecule has 1 fully saturated rings. The van der Waals surface area contributed by atoms with E-state index >= 15 is 0 Å². The Morgan fingerprint density at radius 2 is 1.63 bits per heavy atom. The maximum absolute atomic E-state index is 11.8. The smallest absolute Gasteiger partial charge is 0.407 e. The molecule has 3 rings (SSSR count). The standard InChI is InChI=1S/C26H36N2O6S/c1-5-33-26(34-6-2,27-22-12-14-23(15-13-22)28(3)25(29)30)21-9-7-8-20(18-21)19-10-16-24(17-11-19)35(4,31)32/h7-11,16-18,22-23,27H,5-6,12-15H2,1-4H3,(H,29,30). The summed E-state index contributed by atoms with van der Waals surface area (Å²) in [4.78, 5) is 13.0. The molecule has 1 aliphatic carbocycles. The highest BCUT2D eigenvalue weighted by Gasteiger charge is 2.38. The number of benzene rings is 2. The van der Waals surface area contributed by atoms with Crippen LogP contribution >= 0.6 is 0 Å². The van der Waals surface area contributed by atoms with Crippen molar-refractivity contribution in [1.29, 1.82) is 0 Å². The molecule has 1 amide bonds. The average molecular weight is 505 g/mol. The van der Waals surface area contributed by atoms with Gasteiger partial charge in [-0.1, -0.05) is 30.3 Å². The first-order valence-corrected chi connectivity index (χ1v) is 13.9. The highest BCUT2D eigenvalue weighted by atomic mass is 32.2. The minimum absolute atomic E-state index is 0.0115. The van der Waals surface area contributed by atoms with Gasteiger partial charge in [0.1, 0.15) is 0 Å². The molecule has 0 spiro atoms. The van der Waals surface area contributed by atoms with E-state index in [1.807, 2.05) is 38.1 Å². The third kappa shape index (κ3) is 6.61. The van der Waals surface area contributed by atoms with Crippen LogP contribution in [0.3, 0.4) is 0 Å². The number of nitrogens with zero attached hydrogens (tertiary/aromatic N) is 1. The summed E-state index contributed by atoms with van der Waals surface area (Å²) in [6.45, 7) is 4.69. The van der Waals surface area contributed by atoms with Crippen LogP contribution in [0.1, 0.15) is 45.1 Å². The van der Waals surface area contributed by atoms with Crippen LogP contribution in [-0.2, 0) is 25.2 Å². The van der Waals surface area contributed by atoms with Crippen molar-refractivity contribution < 1.29 is 27.8 Å². The zero-order valence-corrected chi connectivity index (χ0v) is 21.7. The summed E-state index contributed by atoms with van der Waals surface area (Å²) in [5.74, 6) is -1.15. The largest absolute Gasteiger partial charge is 0.465 e. The molecular formula is C26H36N2O6S. The number of rotatable bonds is 10. The molecule has 0 heterocycles. The Labute approximate surface area is 208 Å². The third-order valence-corrected chi connectivity index (χ3v) is 7.62. The third-order valence-electron chi connectivity index (χ3n) is 6.49. The minimum Gasteiger partial charge on any atom is -0.465 e. The number of hydrogen-bond acceptors (Lipinski definition) is 6. The Bertz CT molecular complexity index is 1090. The molecule has 2 aromatic carbocycles. The van der Waals surface area contributed by atoms with Crippen LogP contribution in [0.15, 0.2) is 53.4 Å². The Morgan fingerprint density at radius 1 is 1.03 bits per heavy atom. The van der Waals surface area contributed by atoms with Crippen LogP contribution in [-0.4, -0.2) is 63.1 Å². The van der Waals surface area contributed by atoms with Gasteiger partial charge in [0.2, 0.25) is 0 Å². The van der Waals surface area contributed by atoms with Crippen molar-refractivity contribution in [2.45, 2.75) is 62.4 Å². The molecule has 192 valence electrons. The quantitative estimate of drug-likeness (QED) is 0.461. The number of ether oxygens (including phenoxy) is 2. The zero-order valence-electron chi connectivity index (χ0n) is 20.9. The van der Waals surface area contributed by atoms with Crippen LogP contribution < -0.4 is 5.32 Å². The molecule has 1 aliphatic rings. The van der Waals surface area contributed by atoms with E-state index < -0.39 is 21.8 Å². The van der Waals surface area contributed by atoms with Gasteiger partial charge in [-0.3, -0.25) is 5.32 Å². The number of carboxylic acid groups (broad SMARTS) is 1. The van der Waals surface area contributed by atoms with Crippen molar-refractivity contribution >= 4 is 15.9 Å². The van der Waals surface area contributed by atoms with Crippen LogP contribution in [0, 0.1) is 0 Å². The lowest BCUT2D eigenvalue weighted by Crippen LogP contribution is -2.54. The molecule has 0 unspecified atom stereocenters. The maximum atomic E-state index is 11.8. The Balaban J connectivity index is 1.87. The van der Waals surface area contributed by atoms with Gasteiger partial charge in [0.05, 0.1) is 4.90 Å². The first kappa shape index (κ1) is 27.1. The SMILES string of the molecule is CCOC(NC1CCC(N(C)C(=O)O)CC1)(OCC)c1cccc(-c2ccc(S(C)(=O)=O)cc2)c1. The van der Waals surface area contributed by atoms with Gasteiger partial charge in [-0.2, -0.15) is 0 Å². The van der Waals surface area contributed by atoms with E-state index in [1.54, 1.807) is 31.3 Å². The minimum atomic E-state index is -3.26. The molecule has 0 atom stereocenters.